The molecule has 21 heavy (non-hydrogen) atoms. The fourth-order valence-corrected chi connectivity index (χ4v) is 4.54. The van der Waals surface area contributed by atoms with Crippen LogP contribution < -0.4 is 5.32 Å². The van der Waals surface area contributed by atoms with Crippen molar-refractivity contribution in [1.82, 2.24) is 9.62 Å². The number of aryl methyl sites for hydroxylation is 1. The van der Waals surface area contributed by atoms with Crippen molar-refractivity contribution < 1.29 is 12.8 Å². The van der Waals surface area contributed by atoms with Crippen LogP contribution in [0.15, 0.2) is 23.1 Å². The first kappa shape index (κ1) is 16.4. The van der Waals surface area contributed by atoms with E-state index in [9.17, 15) is 12.8 Å². The van der Waals surface area contributed by atoms with E-state index in [1.807, 2.05) is 6.92 Å². The summed E-state index contributed by atoms with van der Waals surface area (Å²) in [4.78, 5) is 0.204. The van der Waals surface area contributed by atoms with Crippen molar-refractivity contribution in [2.24, 2.45) is 0 Å². The molecule has 2 rings (SSSR count). The average Bonchev–Trinajstić information content (AvgIpc) is 2.90. The van der Waals surface area contributed by atoms with Gasteiger partial charge in [0, 0.05) is 19.1 Å². The second-order valence-electron chi connectivity index (χ2n) is 5.57. The predicted molar refractivity (Wildman–Crippen MR) is 81.2 cm³/mol. The first-order valence-electron chi connectivity index (χ1n) is 7.45. The lowest BCUT2D eigenvalue weighted by molar-refractivity contribution is 0.369. The molecular formula is C15H23FN2O2S. The van der Waals surface area contributed by atoms with E-state index in [1.54, 1.807) is 6.92 Å². The maximum Gasteiger partial charge on any atom is 0.243 e. The summed E-state index contributed by atoms with van der Waals surface area (Å²) in [6.45, 7) is 5.50. The fourth-order valence-electron chi connectivity index (χ4n) is 2.76. The van der Waals surface area contributed by atoms with Gasteiger partial charge < -0.3 is 5.32 Å². The van der Waals surface area contributed by atoms with Crippen LogP contribution in [0.2, 0.25) is 0 Å². The summed E-state index contributed by atoms with van der Waals surface area (Å²) in [6.07, 6.45) is 2.84. The van der Waals surface area contributed by atoms with Crippen molar-refractivity contribution in [2.75, 3.05) is 19.6 Å². The Morgan fingerprint density at radius 2 is 2.19 bits per heavy atom. The molecule has 1 N–H and O–H groups in total. The highest BCUT2D eigenvalue weighted by atomic mass is 32.2. The number of rotatable bonds is 6. The molecule has 0 aliphatic carbocycles. The van der Waals surface area contributed by atoms with Crippen LogP contribution in [0.25, 0.3) is 0 Å². The molecule has 1 aromatic rings. The van der Waals surface area contributed by atoms with Gasteiger partial charge in [0.2, 0.25) is 10.0 Å². The number of hydrogen-bond donors (Lipinski definition) is 1. The summed E-state index contributed by atoms with van der Waals surface area (Å²) in [5, 5.41) is 3.33. The zero-order valence-electron chi connectivity index (χ0n) is 12.6. The monoisotopic (exact) mass is 314 g/mol. The molecule has 6 heteroatoms. The molecule has 0 amide bonds. The molecule has 0 radical (unpaired) electrons. The third-order valence-electron chi connectivity index (χ3n) is 3.81. The maximum absolute atomic E-state index is 13.2. The van der Waals surface area contributed by atoms with Crippen LogP contribution in [0.5, 0.6) is 0 Å². The Bertz CT molecular complexity index is 583. The highest BCUT2D eigenvalue weighted by Gasteiger charge is 2.28. The van der Waals surface area contributed by atoms with Crippen molar-refractivity contribution in [3.8, 4) is 0 Å². The molecule has 4 nitrogen and oxygen atoms in total. The van der Waals surface area contributed by atoms with Gasteiger partial charge in [0.05, 0.1) is 4.90 Å². The van der Waals surface area contributed by atoms with Gasteiger partial charge in [0.25, 0.3) is 0 Å². The van der Waals surface area contributed by atoms with E-state index < -0.39 is 15.8 Å². The fraction of sp³-hybridized carbons (Fsp3) is 0.600. The van der Waals surface area contributed by atoms with Gasteiger partial charge in [-0.1, -0.05) is 6.92 Å². The number of hydrogen-bond acceptors (Lipinski definition) is 3. The van der Waals surface area contributed by atoms with Crippen LogP contribution in [0.3, 0.4) is 0 Å². The second-order valence-corrected chi connectivity index (χ2v) is 7.47. The average molecular weight is 314 g/mol. The van der Waals surface area contributed by atoms with E-state index in [0.717, 1.165) is 25.8 Å². The molecule has 0 saturated carbocycles. The Balaban J connectivity index is 2.27. The Morgan fingerprint density at radius 1 is 1.43 bits per heavy atom. The SMILES string of the molecule is CCCN(CC1CCCN1)S(=O)(=O)c1ccc(F)cc1C. The van der Waals surface area contributed by atoms with Gasteiger partial charge in [-0.2, -0.15) is 4.31 Å². The summed E-state index contributed by atoms with van der Waals surface area (Å²) in [6, 6.07) is 4.06. The number of halogens is 1. The lowest BCUT2D eigenvalue weighted by Crippen LogP contribution is -2.41. The Kier molecular flexibility index (Phi) is 5.35. The molecule has 118 valence electrons. The van der Waals surface area contributed by atoms with E-state index in [1.165, 1.54) is 22.5 Å². The molecule has 1 aliphatic rings. The molecule has 1 unspecified atom stereocenters. The van der Waals surface area contributed by atoms with Crippen LogP contribution in [-0.2, 0) is 10.0 Å². The summed E-state index contributed by atoms with van der Waals surface area (Å²) in [5.74, 6) is -0.411. The lowest BCUT2D eigenvalue weighted by atomic mass is 10.2. The number of benzene rings is 1. The normalized spacial score (nSPS) is 19.3. The molecule has 1 heterocycles. The highest BCUT2D eigenvalue weighted by Crippen LogP contribution is 2.22. The van der Waals surface area contributed by atoms with Gasteiger partial charge in [-0.3, -0.25) is 0 Å². The molecular weight excluding hydrogens is 291 g/mol. The third kappa shape index (κ3) is 3.81. The minimum Gasteiger partial charge on any atom is -0.313 e. The highest BCUT2D eigenvalue weighted by molar-refractivity contribution is 7.89. The van der Waals surface area contributed by atoms with Crippen LogP contribution in [0.1, 0.15) is 31.7 Å². The molecule has 1 fully saturated rings. The van der Waals surface area contributed by atoms with Crippen molar-refractivity contribution >= 4 is 10.0 Å². The standard InChI is InChI=1S/C15H23FN2O2S/c1-3-9-18(11-14-5-4-8-17-14)21(19,20)15-7-6-13(16)10-12(15)2/h6-7,10,14,17H,3-5,8-9,11H2,1-2H3. The van der Waals surface area contributed by atoms with E-state index in [0.29, 0.717) is 18.7 Å². The minimum atomic E-state index is -3.57. The Hall–Kier alpha value is -0.980. The summed E-state index contributed by atoms with van der Waals surface area (Å²) in [5.41, 5.74) is 0.454. The van der Waals surface area contributed by atoms with Crippen molar-refractivity contribution in [3.05, 3.63) is 29.6 Å². The Morgan fingerprint density at radius 3 is 2.76 bits per heavy atom. The number of nitrogens with zero attached hydrogens (tertiary/aromatic N) is 1. The first-order chi connectivity index (χ1) is 9.95. The van der Waals surface area contributed by atoms with Crippen LogP contribution in [-0.4, -0.2) is 38.4 Å². The molecule has 1 saturated heterocycles. The van der Waals surface area contributed by atoms with Gasteiger partial charge in [-0.25, -0.2) is 12.8 Å². The van der Waals surface area contributed by atoms with Crippen LogP contribution in [0, 0.1) is 12.7 Å². The first-order valence-corrected chi connectivity index (χ1v) is 8.89. The van der Waals surface area contributed by atoms with E-state index in [2.05, 4.69) is 5.32 Å². The minimum absolute atomic E-state index is 0.204. The summed E-state index contributed by atoms with van der Waals surface area (Å²) < 4.78 is 40.4. The topological polar surface area (TPSA) is 49.4 Å². The zero-order chi connectivity index (χ0) is 15.5. The van der Waals surface area contributed by atoms with Crippen molar-refractivity contribution in [1.29, 1.82) is 0 Å². The number of nitrogens with one attached hydrogen (secondary N) is 1. The van der Waals surface area contributed by atoms with E-state index >= 15 is 0 Å². The second kappa shape index (κ2) is 6.85. The largest absolute Gasteiger partial charge is 0.313 e. The molecule has 0 spiro atoms. The molecule has 1 atom stereocenters. The summed E-state index contributed by atoms with van der Waals surface area (Å²) in [7, 11) is -3.57. The number of sulfonamides is 1. The maximum atomic E-state index is 13.2. The molecule has 1 aromatic carbocycles. The lowest BCUT2D eigenvalue weighted by Gasteiger charge is -2.25. The third-order valence-corrected chi connectivity index (χ3v) is 5.84. The van der Waals surface area contributed by atoms with Gasteiger partial charge in [0.15, 0.2) is 0 Å². The smallest absolute Gasteiger partial charge is 0.243 e. The van der Waals surface area contributed by atoms with Gasteiger partial charge in [0.1, 0.15) is 5.82 Å². The Labute approximate surface area is 126 Å². The summed E-state index contributed by atoms with van der Waals surface area (Å²) >= 11 is 0. The zero-order valence-corrected chi connectivity index (χ0v) is 13.4. The van der Waals surface area contributed by atoms with Crippen LogP contribution >= 0.6 is 0 Å². The van der Waals surface area contributed by atoms with Crippen molar-refractivity contribution in [3.63, 3.8) is 0 Å². The van der Waals surface area contributed by atoms with Gasteiger partial charge in [-0.15, -0.1) is 0 Å². The predicted octanol–water partition coefficient (Wildman–Crippen LogP) is 2.29. The van der Waals surface area contributed by atoms with Gasteiger partial charge in [-0.05, 0) is 56.5 Å². The van der Waals surface area contributed by atoms with Crippen molar-refractivity contribution in [2.45, 2.75) is 44.0 Å². The van der Waals surface area contributed by atoms with E-state index in [-0.39, 0.29) is 10.9 Å². The van der Waals surface area contributed by atoms with E-state index in [4.69, 9.17) is 0 Å². The quantitative estimate of drug-likeness (QED) is 0.876. The van der Waals surface area contributed by atoms with Gasteiger partial charge >= 0.3 is 0 Å². The molecule has 0 aromatic heterocycles. The molecule has 1 aliphatic heterocycles. The molecule has 0 bridgehead atoms. The van der Waals surface area contributed by atoms with Crippen LogP contribution in [0.4, 0.5) is 4.39 Å².